The Morgan fingerprint density at radius 2 is 1.48 bits per heavy atom. The zero-order valence-electron chi connectivity index (χ0n) is 19.8. The topological polar surface area (TPSA) is 72.8 Å². The first-order valence-corrected chi connectivity index (χ1v) is 12.8. The predicted molar refractivity (Wildman–Crippen MR) is 124 cm³/mol. The summed E-state index contributed by atoms with van der Waals surface area (Å²) in [4.78, 5) is 24.1. The van der Waals surface area contributed by atoms with Gasteiger partial charge in [0.2, 0.25) is 0 Å². The van der Waals surface area contributed by atoms with Crippen LogP contribution in [0.3, 0.4) is 0 Å². The van der Waals surface area contributed by atoms with Crippen LogP contribution in [0.5, 0.6) is 5.75 Å². The molecule has 0 heterocycles. The number of rotatable bonds is 6. The number of hydrogen-bond acceptors (Lipinski definition) is 4. The van der Waals surface area contributed by atoms with E-state index in [-0.39, 0.29) is 23.0 Å². The lowest BCUT2D eigenvalue weighted by Gasteiger charge is -2.33. The molecular weight excluding hydrogens is 408 g/mol. The Balaban J connectivity index is 2.44. The maximum Gasteiger partial charge on any atom is 0.342 e. The highest BCUT2D eigenvalue weighted by Crippen LogP contribution is 2.42. The third kappa shape index (κ3) is 6.20. The highest BCUT2D eigenvalue weighted by atomic mass is 28.3. The van der Waals surface area contributed by atoms with Crippen molar-refractivity contribution >= 4 is 21.0 Å². The van der Waals surface area contributed by atoms with Gasteiger partial charge in [-0.05, 0) is 53.3 Å². The fourth-order valence-corrected chi connectivity index (χ4v) is 4.01. The van der Waals surface area contributed by atoms with Gasteiger partial charge in [0.05, 0.1) is 5.56 Å². The Morgan fingerprint density at radius 1 is 0.903 bits per heavy atom. The lowest BCUT2D eigenvalue weighted by Crippen LogP contribution is -2.26. The van der Waals surface area contributed by atoms with Gasteiger partial charge in [-0.25, -0.2) is 9.59 Å². The Kier molecular flexibility index (Phi) is 7.37. The summed E-state index contributed by atoms with van der Waals surface area (Å²) in [5, 5.41) is 9.02. The van der Waals surface area contributed by atoms with Crippen LogP contribution in [-0.4, -0.2) is 26.1 Å². The molecule has 6 heteroatoms. The third-order valence-corrected chi connectivity index (χ3v) is 5.42. The van der Waals surface area contributed by atoms with Gasteiger partial charge in [0.15, 0.2) is 0 Å². The van der Waals surface area contributed by atoms with Crippen molar-refractivity contribution in [3.63, 3.8) is 0 Å². The summed E-state index contributed by atoms with van der Waals surface area (Å²) in [7, 11) is -1.13. The fraction of sp³-hybridized carbons (Fsp3) is 0.440. The van der Waals surface area contributed by atoms with Crippen molar-refractivity contribution in [2.24, 2.45) is 0 Å². The first kappa shape index (κ1) is 24.7. The summed E-state index contributed by atoms with van der Waals surface area (Å²) in [5.74, 6) is -0.827. The van der Waals surface area contributed by atoms with Gasteiger partial charge in [-0.2, -0.15) is 0 Å². The minimum atomic E-state index is -1.13. The van der Waals surface area contributed by atoms with Crippen LogP contribution in [0.25, 0.3) is 0 Å². The number of carbonyl (C=O) groups is 2. The Hall–Kier alpha value is -2.60. The number of ether oxygens (including phenoxy) is 1. The quantitative estimate of drug-likeness (QED) is 0.442. The molecule has 0 unspecified atom stereocenters. The van der Waals surface area contributed by atoms with Gasteiger partial charge in [0.25, 0.3) is 9.04 Å². The van der Waals surface area contributed by atoms with Crippen molar-refractivity contribution in [3.05, 3.63) is 64.2 Å². The second kappa shape index (κ2) is 9.26. The molecule has 0 aliphatic carbocycles. The van der Waals surface area contributed by atoms with Gasteiger partial charge in [0.1, 0.15) is 17.9 Å². The van der Waals surface area contributed by atoms with E-state index in [9.17, 15) is 9.59 Å². The SMILES string of the molecule is C[Si](C)Oc1c(C(=O)OCc2ccc(C(=O)O)cc2)ccc(C(C)(C)C)c1C(C)(C)C. The zero-order chi connectivity index (χ0) is 23.6. The number of aromatic carboxylic acids is 1. The van der Waals surface area contributed by atoms with Gasteiger partial charge in [-0.1, -0.05) is 59.7 Å². The highest BCUT2D eigenvalue weighted by molar-refractivity contribution is 6.49. The summed E-state index contributed by atoms with van der Waals surface area (Å²) in [5.41, 5.74) is 3.19. The van der Waals surface area contributed by atoms with Gasteiger partial charge in [-0.15, -0.1) is 0 Å². The molecule has 0 spiro atoms. The van der Waals surface area contributed by atoms with E-state index in [4.69, 9.17) is 14.3 Å². The molecule has 0 aliphatic rings. The second-order valence-electron chi connectivity index (χ2n) is 9.95. The van der Waals surface area contributed by atoms with Gasteiger partial charge < -0.3 is 14.3 Å². The number of benzene rings is 2. The average Bonchev–Trinajstić information content (AvgIpc) is 2.63. The smallest absolute Gasteiger partial charge is 0.342 e. The maximum atomic E-state index is 13.1. The van der Waals surface area contributed by atoms with Crippen molar-refractivity contribution in [3.8, 4) is 5.75 Å². The van der Waals surface area contributed by atoms with Crippen LogP contribution in [0, 0.1) is 0 Å². The molecule has 5 nitrogen and oxygen atoms in total. The van der Waals surface area contributed by atoms with Crippen LogP contribution in [0.2, 0.25) is 13.1 Å². The minimum absolute atomic E-state index is 0.0557. The van der Waals surface area contributed by atoms with Gasteiger partial charge >= 0.3 is 11.9 Å². The first-order valence-electron chi connectivity index (χ1n) is 10.4. The van der Waals surface area contributed by atoms with E-state index < -0.39 is 21.0 Å². The number of carbonyl (C=O) groups excluding carboxylic acids is 1. The van der Waals surface area contributed by atoms with E-state index >= 15 is 0 Å². The standard InChI is InChI=1S/C25H33O5Si/c1-24(2,3)19-14-13-18(21(30-31(7)8)20(19)25(4,5)6)23(28)29-15-16-9-11-17(12-10-16)22(26)27/h9-14H,15H2,1-8H3,(H,26,27). The van der Waals surface area contributed by atoms with Crippen LogP contribution in [0.1, 0.15) is 78.9 Å². The molecule has 2 aromatic rings. The molecule has 31 heavy (non-hydrogen) atoms. The first-order chi connectivity index (χ1) is 14.2. The largest absolute Gasteiger partial charge is 0.542 e. The summed E-state index contributed by atoms with van der Waals surface area (Å²) in [6.45, 7) is 17.0. The average molecular weight is 442 g/mol. The number of carboxylic acids is 1. The monoisotopic (exact) mass is 441 g/mol. The van der Waals surface area contributed by atoms with Crippen LogP contribution in [0.15, 0.2) is 36.4 Å². The molecule has 2 aromatic carbocycles. The van der Waals surface area contributed by atoms with Crippen LogP contribution in [0.4, 0.5) is 0 Å². The van der Waals surface area contributed by atoms with Crippen molar-refractivity contribution in [1.82, 2.24) is 0 Å². The van der Waals surface area contributed by atoms with E-state index in [1.165, 1.54) is 12.1 Å². The summed E-state index contributed by atoms with van der Waals surface area (Å²) >= 11 is 0. The predicted octanol–water partition coefficient (Wildman–Crippen LogP) is 5.97. The third-order valence-electron chi connectivity index (χ3n) is 4.81. The van der Waals surface area contributed by atoms with Crippen molar-refractivity contribution in [2.75, 3.05) is 0 Å². The van der Waals surface area contributed by atoms with Crippen LogP contribution < -0.4 is 4.43 Å². The molecule has 0 aromatic heterocycles. The normalized spacial score (nSPS) is 12.0. The second-order valence-corrected chi connectivity index (χ2v) is 12.0. The maximum absolute atomic E-state index is 13.1. The molecule has 0 fully saturated rings. The molecule has 1 N–H and O–H groups in total. The van der Waals surface area contributed by atoms with E-state index in [2.05, 4.69) is 41.5 Å². The molecular formula is C25H33O5Si. The molecule has 0 amide bonds. The number of hydrogen-bond donors (Lipinski definition) is 1. The van der Waals surface area contributed by atoms with Gasteiger partial charge in [0, 0.05) is 5.56 Å². The molecule has 0 bridgehead atoms. The summed E-state index contributed by atoms with van der Waals surface area (Å²) < 4.78 is 11.9. The lowest BCUT2D eigenvalue weighted by molar-refractivity contribution is 0.0469. The van der Waals surface area contributed by atoms with Crippen molar-refractivity contribution in [2.45, 2.75) is 72.1 Å². The number of esters is 1. The molecule has 0 atom stereocenters. The molecule has 167 valence electrons. The Bertz CT molecular complexity index is 948. The fourth-order valence-electron chi connectivity index (χ4n) is 3.39. The van der Waals surface area contributed by atoms with Crippen LogP contribution in [-0.2, 0) is 22.2 Å². The molecule has 0 saturated carbocycles. The molecule has 1 radical (unpaired) electrons. The Morgan fingerprint density at radius 3 is 1.94 bits per heavy atom. The summed E-state index contributed by atoms with van der Waals surface area (Å²) in [6, 6.07) is 10.1. The van der Waals surface area contributed by atoms with E-state index in [1.807, 2.05) is 19.2 Å². The Labute approximate surface area is 187 Å². The molecule has 0 aliphatic heterocycles. The van der Waals surface area contributed by atoms with Crippen molar-refractivity contribution < 1.29 is 23.9 Å². The lowest BCUT2D eigenvalue weighted by atomic mass is 9.74. The number of carboxylic acid groups (broad SMARTS) is 1. The minimum Gasteiger partial charge on any atom is -0.542 e. The summed E-state index contributed by atoms with van der Waals surface area (Å²) in [6.07, 6.45) is 0. The van der Waals surface area contributed by atoms with E-state index in [0.717, 1.165) is 16.7 Å². The zero-order valence-corrected chi connectivity index (χ0v) is 20.8. The molecule has 0 saturated heterocycles. The van der Waals surface area contributed by atoms with E-state index in [0.29, 0.717) is 11.3 Å². The molecule has 2 rings (SSSR count). The van der Waals surface area contributed by atoms with Crippen LogP contribution >= 0.6 is 0 Å². The van der Waals surface area contributed by atoms with Gasteiger partial charge in [-0.3, -0.25) is 0 Å². The van der Waals surface area contributed by atoms with Crippen molar-refractivity contribution in [1.29, 1.82) is 0 Å². The van der Waals surface area contributed by atoms with E-state index in [1.54, 1.807) is 18.2 Å². The highest BCUT2D eigenvalue weighted by Gasteiger charge is 2.32.